The van der Waals surface area contributed by atoms with Gasteiger partial charge in [0.2, 0.25) is 6.04 Å². The second kappa shape index (κ2) is 8.95. The van der Waals surface area contributed by atoms with Crippen molar-refractivity contribution >= 4 is 5.78 Å². The summed E-state index contributed by atoms with van der Waals surface area (Å²) in [7, 11) is 1.56. The van der Waals surface area contributed by atoms with Crippen LogP contribution in [0, 0.1) is 10.1 Å². The fraction of sp³-hybridized carbons (Fsp3) is 0.174. The molecule has 2 atom stereocenters. The zero-order valence-corrected chi connectivity index (χ0v) is 15.5. The lowest BCUT2D eigenvalue weighted by Crippen LogP contribution is -2.22. The summed E-state index contributed by atoms with van der Waals surface area (Å²) in [6.07, 6.45) is 0.0386. The zero-order chi connectivity index (χ0) is 19.9. The maximum Gasteiger partial charge on any atom is 0.245 e. The van der Waals surface area contributed by atoms with E-state index in [4.69, 9.17) is 4.74 Å². The molecule has 28 heavy (non-hydrogen) atoms. The molecule has 0 aliphatic rings. The lowest BCUT2D eigenvalue weighted by Gasteiger charge is -2.21. The third-order valence-corrected chi connectivity index (χ3v) is 4.79. The van der Waals surface area contributed by atoms with Crippen LogP contribution < -0.4 is 4.74 Å². The maximum absolute atomic E-state index is 12.9. The summed E-state index contributed by atoms with van der Waals surface area (Å²) in [5.41, 5.74) is 1.87. The van der Waals surface area contributed by atoms with Crippen molar-refractivity contribution in [2.24, 2.45) is 0 Å². The average molecular weight is 375 g/mol. The zero-order valence-electron chi connectivity index (χ0n) is 15.5. The Balaban J connectivity index is 1.96. The largest absolute Gasteiger partial charge is 0.497 e. The van der Waals surface area contributed by atoms with Crippen molar-refractivity contribution in [1.82, 2.24) is 0 Å². The monoisotopic (exact) mass is 375 g/mol. The van der Waals surface area contributed by atoms with Gasteiger partial charge in [-0.3, -0.25) is 14.9 Å². The number of nitrogens with zero attached hydrogens (tertiary/aromatic N) is 1. The predicted octanol–water partition coefficient (Wildman–Crippen LogP) is 5.07. The van der Waals surface area contributed by atoms with E-state index in [9.17, 15) is 14.9 Å². The molecule has 0 N–H and O–H groups in total. The molecule has 0 amide bonds. The van der Waals surface area contributed by atoms with Crippen LogP contribution in [0.15, 0.2) is 84.9 Å². The van der Waals surface area contributed by atoms with Crippen molar-refractivity contribution in [3.63, 3.8) is 0 Å². The van der Waals surface area contributed by atoms with E-state index in [0.29, 0.717) is 16.9 Å². The lowest BCUT2D eigenvalue weighted by atomic mass is 9.83. The number of hydrogen-bond donors (Lipinski definition) is 0. The molecule has 0 spiro atoms. The third kappa shape index (κ3) is 4.43. The quantitative estimate of drug-likeness (QED) is 0.313. The van der Waals surface area contributed by atoms with Crippen LogP contribution in [0.3, 0.4) is 0 Å². The van der Waals surface area contributed by atoms with Crippen LogP contribution in [0.25, 0.3) is 0 Å². The van der Waals surface area contributed by atoms with E-state index < -0.39 is 12.0 Å². The van der Waals surface area contributed by atoms with Gasteiger partial charge in [-0.15, -0.1) is 0 Å². The summed E-state index contributed by atoms with van der Waals surface area (Å²) in [6, 6.07) is 23.9. The van der Waals surface area contributed by atoms with Crippen LogP contribution >= 0.6 is 0 Å². The van der Waals surface area contributed by atoms with Gasteiger partial charge in [-0.2, -0.15) is 0 Å². The van der Waals surface area contributed by atoms with Gasteiger partial charge in [0, 0.05) is 22.5 Å². The maximum atomic E-state index is 12.9. The number of ketones is 1. The van der Waals surface area contributed by atoms with Crippen molar-refractivity contribution in [1.29, 1.82) is 0 Å². The smallest absolute Gasteiger partial charge is 0.245 e. The van der Waals surface area contributed by atoms with Crippen molar-refractivity contribution in [2.75, 3.05) is 7.11 Å². The molecule has 0 saturated heterocycles. The Labute approximate surface area is 163 Å². The van der Waals surface area contributed by atoms with Crippen LogP contribution in [-0.2, 0) is 0 Å². The van der Waals surface area contributed by atoms with Crippen LogP contribution in [0.5, 0.6) is 5.75 Å². The molecule has 0 saturated carbocycles. The van der Waals surface area contributed by atoms with E-state index in [1.807, 2.05) is 36.4 Å². The number of rotatable bonds is 8. The van der Waals surface area contributed by atoms with Gasteiger partial charge >= 0.3 is 0 Å². The van der Waals surface area contributed by atoms with Gasteiger partial charge in [0.15, 0.2) is 5.78 Å². The molecular formula is C23H21NO4. The predicted molar refractivity (Wildman–Crippen MR) is 107 cm³/mol. The number of carbonyl (C=O) groups is 1. The van der Waals surface area contributed by atoms with Crippen LogP contribution in [0.2, 0.25) is 0 Å². The standard InChI is InChI=1S/C23H21NO4/c1-28-20-14-12-18(13-15-20)22(25)16-21(17-8-4-2-5-9-17)23(24(26)27)19-10-6-3-7-11-19/h2-15,21,23H,16H2,1H3/t21-,23+/m1/s1. The van der Waals surface area contributed by atoms with Gasteiger partial charge in [0.1, 0.15) is 5.75 Å². The van der Waals surface area contributed by atoms with E-state index in [2.05, 4.69) is 0 Å². The van der Waals surface area contributed by atoms with Gasteiger partial charge in [0.25, 0.3) is 0 Å². The van der Waals surface area contributed by atoms with Gasteiger partial charge in [0.05, 0.1) is 13.0 Å². The molecule has 0 heterocycles. The van der Waals surface area contributed by atoms with E-state index in [1.165, 1.54) is 0 Å². The highest BCUT2D eigenvalue weighted by Gasteiger charge is 2.36. The molecule has 0 aliphatic carbocycles. The van der Waals surface area contributed by atoms with Crippen LogP contribution in [0.4, 0.5) is 0 Å². The highest BCUT2D eigenvalue weighted by molar-refractivity contribution is 5.96. The highest BCUT2D eigenvalue weighted by Crippen LogP contribution is 2.37. The molecule has 0 unspecified atom stereocenters. The SMILES string of the molecule is COc1ccc(C(=O)C[C@H](c2ccccc2)[C@H](c2ccccc2)[N+](=O)[O-])cc1. The summed E-state index contributed by atoms with van der Waals surface area (Å²) in [4.78, 5) is 24.6. The second-order valence-corrected chi connectivity index (χ2v) is 6.51. The molecule has 5 heteroatoms. The Morgan fingerprint density at radius 3 is 1.93 bits per heavy atom. The van der Waals surface area contributed by atoms with Gasteiger partial charge in [-0.25, -0.2) is 0 Å². The van der Waals surface area contributed by atoms with E-state index >= 15 is 0 Å². The highest BCUT2D eigenvalue weighted by atomic mass is 16.6. The molecule has 0 bridgehead atoms. The van der Waals surface area contributed by atoms with E-state index in [0.717, 1.165) is 5.56 Å². The van der Waals surface area contributed by atoms with Gasteiger partial charge in [-0.05, 0) is 29.8 Å². The Morgan fingerprint density at radius 2 is 1.43 bits per heavy atom. The van der Waals surface area contributed by atoms with Crippen molar-refractivity contribution in [3.8, 4) is 5.75 Å². The first-order chi connectivity index (χ1) is 13.6. The van der Waals surface area contributed by atoms with Crippen molar-refractivity contribution in [3.05, 3.63) is 112 Å². The molecule has 0 aliphatic heterocycles. The Bertz CT molecular complexity index is 924. The fourth-order valence-electron chi connectivity index (χ4n) is 3.36. The first kappa shape index (κ1) is 19.3. The minimum absolute atomic E-state index is 0.0386. The number of methoxy groups -OCH3 is 1. The number of nitro groups is 1. The lowest BCUT2D eigenvalue weighted by molar-refractivity contribution is -0.533. The van der Waals surface area contributed by atoms with Gasteiger partial charge in [-0.1, -0.05) is 60.7 Å². The summed E-state index contributed by atoms with van der Waals surface area (Å²) in [5, 5.41) is 12.0. The summed E-state index contributed by atoms with van der Waals surface area (Å²) in [6.45, 7) is 0. The van der Waals surface area contributed by atoms with Gasteiger partial charge < -0.3 is 4.74 Å². The molecular weight excluding hydrogens is 354 g/mol. The van der Waals surface area contributed by atoms with Crippen LogP contribution in [-0.4, -0.2) is 17.8 Å². The van der Waals surface area contributed by atoms with E-state index in [1.54, 1.807) is 55.6 Å². The topological polar surface area (TPSA) is 69.4 Å². The second-order valence-electron chi connectivity index (χ2n) is 6.51. The summed E-state index contributed by atoms with van der Waals surface area (Å²) < 4.78 is 5.13. The molecule has 3 aromatic rings. The number of hydrogen-bond acceptors (Lipinski definition) is 4. The summed E-state index contributed by atoms with van der Waals surface area (Å²) in [5.74, 6) is -0.0592. The first-order valence-corrected chi connectivity index (χ1v) is 9.01. The first-order valence-electron chi connectivity index (χ1n) is 9.01. The number of benzene rings is 3. The van der Waals surface area contributed by atoms with Crippen molar-refractivity contribution < 1.29 is 14.5 Å². The molecule has 0 aromatic heterocycles. The number of Topliss-reactive ketones (excluding diaryl/α,β-unsaturated/α-hetero) is 1. The van der Waals surface area contributed by atoms with Crippen molar-refractivity contribution in [2.45, 2.75) is 18.4 Å². The Hall–Kier alpha value is -3.47. The Morgan fingerprint density at radius 1 is 0.893 bits per heavy atom. The molecule has 0 radical (unpaired) electrons. The fourth-order valence-corrected chi connectivity index (χ4v) is 3.36. The minimum Gasteiger partial charge on any atom is -0.497 e. The molecule has 3 rings (SSSR count). The molecule has 142 valence electrons. The molecule has 0 fully saturated rings. The number of ether oxygens (including phenoxy) is 1. The molecule has 5 nitrogen and oxygen atoms in total. The third-order valence-electron chi connectivity index (χ3n) is 4.79. The Kier molecular flexibility index (Phi) is 6.17. The molecule has 3 aromatic carbocycles. The minimum atomic E-state index is -1.01. The van der Waals surface area contributed by atoms with E-state index in [-0.39, 0.29) is 17.1 Å². The number of carbonyl (C=O) groups excluding carboxylic acids is 1. The normalized spacial score (nSPS) is 12.8. The average Bonchev–Trinajstić information content (AvgIpc) is 2.74. The summed E-state index contributed by atoms with van der Waals surface area (Å²) >= 11 is 0. The van der Waals surface area contributed by atoms with Crippen LogP contribution in [0.1, 0.15) is 39.9 Å².